The predicted octanol–water partition coefficient (Wildman–Crippen LogP) is 4.57. The van der Waals surface area contributed by atoms with Gasteiger partial charge in [0.15, 0.2) is 0 Å². The summed E-state index contributed by atoms with van der Waals surface area (Å²) in [4.78, 5) is 0. The van der Waals surface area contributed by atoms with E-state index < -0.39 is 0 Å². The third-order valence-corrected chi connectivity index (χ3v) is 2.95. The second kappa shape index (κ2) is 5.62. The summed E-state index contributed by atoms with van der Waals surface area (Å²) in [6.45, 7) is 2.20. The Morgan fingerprint density at radius 3 is 2.29 bits per heavy atom. The van der Waals surface area contributed by atoms with Crippen molar-refractivity contribution >= 4 is 0 Å². The lowest BCUT2D eigenvalue weighted by molar-refractivity contribution is 0.627. The summed E-state index contributed by atoms with van der Waals surface area (Å²) in [7, 11) is 0. The summed E-state index contributed by atoms with van der Waals surface area (Å²) in [5, 5.41) is 0. The summed E-state index contributed by atoms with van der Waals surface area (Å²) >= 11 is 0. The Balaban J connectivity index is 1.92. The molecule has 17 heavy (non-hydrogen) atoms. The fourth-order valence-corrected chi connectivity index (χ4v) is 1.83. The Hall–Kier alpha value is -1.63. The topological polar surface area (TPSA) is 0 Å². The van der Waals surface area contributed by atoms with Crippen LogP contribution in [0.5, 0.6) is 0 Å². The van der Waals surface area contributed by atoms with Crippen molar-refractivity contribution in [2.24, 2.45) is 0 Å². The van der Waals surface area contributed by atoms with Crippen LogP contribution in [0.4, 0.5) is 4.39 Å². The molecule has 0 bridgehead atoms. The molecule has 0 aliphatic carbocycles. The second-order valence-electron chi connectivity index (χ2n) is 4.30. The minimum atomic E-state index is -0.182. The van der Waals surface area contributed by atoms with Gasteiger partial charge in [-0.2, -0.15) is 0 Å². The van der Waals surface area contributed by atoms with Crippen LogP contribution in [-0.2, 0) is 0 Å². The molecule has 0 saturated carbocycles. The van der Waals surface area contributed by atoms with Crippen molar-refractivity contribution in [2.75, 3.05) is 0 Å². The molecule has 0 amide bonds. The van der Waals surface area contributed by atoms with Crippen LogP contribution < -0.4 is 0 Å². The highest BCUT2D eigenvalue weighted by Gasteiger charge is 2.05. The van der Waals surface area contributed by atoms with E-state index in [1.807, 2.05) is 18.2 Å². The van der Waals surface area contributed by atoms with E-state index in [1.54, 1.807) is 0 Å². The SMILES string of the molecule is CC(C[CH]c1ccc(F)cc1)c1ccccc1. The number of benzene rings is 2. The molecule has 0 aliphatic rings. The summed E-state index contributed by atoms with van der Waals surface area (Å²) in [5.74, 6) is 0.305. The Labute approximate surface area is 102 Å². The molecule has 1 unspecified atom stereocenters. The van der Waals surface area contributed by atoms with Gasteiger partial charge in [-0.25, -0.2) is 4.39 Å². The first kappa shape index (κ1) is 11.8. The van der Waals surface area contributed by atoms with Gasteiger partial charge in [-0.05, 0) is 42.0 Å². The van der Waals surface area contributed by atoms with E-state index in [9.17, 15) is 4.39 Å². The van der Waals surface area contributed by atoms with Crippen LogP contribution in [0.15, 0.2) is 54.6 Å². The quantitative estimate of drug-likeness (QED) is 0.717. The first-order valence-electron chi connectivity index (χ1n) is 5.89. The minimum Gasteiger partial charge on any atom is -0.207 e. The highest BCUT2D eigenvalue weighted by Crippen LogP contribution is 2.21. The van der Waals surface area contributed by atoms with Gasteiger partial charge in [-0.15, -0.1) is 0 Å². The molecule has 2 rings (SSSR count). The van der Waals surface area contributed by atoms with Gasteiger partial charge in [-0.3, -0.25) is 0 Å². The molecule has 0 spiro atoms. The predicted molar refractivity (Wildman–Crippen MR) is 69.3 cm³/mol. The summed E-state index contributed by atoms with van der Waals surface area (Å²) < 4.78 is 12.7. The number of hydrogen-bond acceptors (Lipinski definition) is 0. The van der Waals surface area contributed by atoms with Crippen LogP contribution in [0.2, 0.25) is 0 Å². The van der Waals surface area contributed by atoms with Gasteiger partial charge in [0, 0.05) is 0 Å². The monoisotopic (exact) mass is 227 g/mol. The lowest BCUT2D eigenvalue weighted by Gasteiger charge is -2.11. The van der Waals surface area contributed by atoms with E-state index in [2.05, 4.69) is 37.6 Å². The maximum Gasteiger partial charge on any atom is 0.123 e. The van der Waals surface area contributed by atoms with Gasteiger partial charge in [0.05, 0.1) is 0 Å². The lowest BCUT2D eigenvalue weighted by atomic mass is 9.94. The van der Waals surface area contributed by atoms with Crippen LogP contribution in [0, 0.1) is 12.2 Å². The van der Waals surface area contributed by atoms with E-state index >= 15 is 0 Å². The second-order valence-corrected chi connectivity index (χ2v) is 4.30. The Morgan fingerprint density at radius 1 is 1.00 bits per heavy atom. The number of hydrogen-bond donors (Lipinski definition) is 0. The molecule has 2 aromatic rings. The molecule has 1 radical (unpaired) electrons. The molecule has 0 aliphatic heterocycles. The van der Waals surface area contributed by atoms with E-state index in [-0.39, 0.29) is 5.82 Å². The van der Waals surface area contributed by atoms with Gasteiger partial charge in [0.1, 0.15) is 5.82 Å². The lowest BCUT2D eigenvalue weighted by Crippen LogP contribution is -1.94. The highest BCUT2D eigenvalue weighted by atomic mass is 19.1. The normalized spacial score (nSPS) is 12.4. The molecule has 87 valence electrons. The van der Waals surface area contributed by atoms with Crippen molar-refractivity contribution in [3.8, 4) is 0 Å². The molecule has 1 heteroatoms. The highest BCUT2D eigenvalue weighted by molar-refractivity contribution is 5.25. The molecular weight excluding hydrogens is 211 g/mol. The van der Waals surface area contributed by atoms with Gasteiger partial charge in [-0.1, -0.05) is 49.4 Å². The maximum absolute atomic E-state index is 12.7. The zero-order valence-corrected chi connectivity index (χ0v) is 9.94. The van der Waals surface area contributed by atoms with Crippen LogP contribution in [0.3, 0.4) is 0 Å². The van der Waals surface area contributed by atoms with Crippen molar-refractivity contribution in [1.29, 1.82) is 0 Å². The van der Waals surface area contributed by atoms with Crippen molar-refractivity contribution in [2.45, 2.75) is 19.3 Å². The van der Waals surface area contributed by atoms with Gasteiger partial charge in [0.2, 0.25) is 0 Å². The van der Waals surface area contributed by atoms with Crippen LogP contribution in [0.25, 0.3) is 0 Å². The van der Waals surface area contributed by atoms with Crippen molar-refractivity contribution in [3.63, 3.8) is 0 Å². The molecule has 2 aromatic carbocycles. The molecule has 0 aromatic heterocycles. The molecule has 0 nitrogen and oxygen atoms in total. The van der Waals surface area contributed by atoms with Crippen molar-refractivity contribution in [1.82, 2.24) is 0 Å². The fourth-order valence-electron chi connectivity index (χ4n) is 1.83. The Morgan fingerprint density at radius 2 is 1.65 bits per heavy atom. The van der Waals surface area contributed by atoms with E-state index in [0.717, 1.165) is 12.0 Å². The summed E-state index contributed by atoms with van der Waals surface area (Å²) in [6, 6.07) is 17.1. The van der Waals surface area contributed by atoms with Crippen molar-refractivity contribution < 1.29 is 4.39 Å². The van der Waals surface area contributed by atoms with Gasteiger partial charge in [0.25, 0.3) is 0 Å². The first-order valence-corrected chi connectivity index (χ1v) is 5.89. The van der Waals surface area contributed by atoms with Crippen molar-refractivity contribution in [3.05, 3.63) is 78.0 Å². The first-order chi connectivity index (χ1) is 8.25. The van der Waals surface area contributed by atoms with Crippen LogP contribution in [-0.4, -0.2) is 0 Å². The van der Waals surface area contributed by atoms with Gasteiger partial charge >= 0.3 is 0 Å². The average Bonchev–Trinajstić information content (AvgIpc) is 2.39. The number of halogens is 1. The van der Waals surface area contributed by atoms with E-state index in [1.165, 1.54) is 17.7 Å². The minimum absolute atomic E-state index is 0.182. The van der Waals surface area contributed by atoms with Gasteiger partial charge < -0.3 is 0 Å². The molecule has 0 N–H and O–H groups in total. The molecular formula is C16H16F. The van der Waals surface area contributed by atoms with E-state index in [0.29, 0.717) is 5.92 Å². The summed E-state index contributed by atoms with van der Waals surface area (Å²) in [5.41, 5.74) is 2.42. The van der Waals surface area contributed by atoms with E-state index in [4.69, 9.17) is 0 Å². The average molecular weight is 227 g/mol. The molecule has 0 saturated heterocycles. The molecule has 1 atom stereocenters. The Bertz CT molecular complexity index is 445. The van der Waals surface area contributed by atoms with Crippen LogP contribution >= 0.6 is 0 Å². The molecule has 0 fully saturated rings. The third kappa shape index (κ3) is 3.42. The smallest absolute Gasteiger partial charge is 0.123 e. The maximum atomic E-state index is 12.7. The Kier molecular flexibility index (Phi) is 3.92. The fraction of sp³-hybridized carbons (Fsp3) is 0.188. The standard InChI is InChI=1S/C16H16F/c1-13(15-5-3-2-4-6-15)7-8-14-9-11-16(17)12-10-14/h2-6,8-13H,7H2,1H3. The zero-order valence-electron chi connectivity index (χ0n) is 9.94. The summed E-state index contributed by atoms with van der Waals surface area (Å²) in [6.07, 6.45) is 3.12. The third-order valence-electron chi connectivity index (χ3n) is 2.95. The van der Waals surface area contributed by atoms with Crippen LogP contribution in [0.1, 0.15) is 30.4 Å². The largest absolute Gasteiger partial charge is 0.207 e. The zero-order chi connectivity index (χ0) is 12.1. The number of rotatable bonds is 4. The molecule has 0 heterocycles.